The Morgan fingerprint density at radius 3 is 2.48 bits per heavy atom. The summed E-state index contributed by atoms with van der Waals surface area (Å²) in [5, 5.41) is 15.6. The first-order chi connectivity index (χ1) is 10.2. The molecular formula is C16H12Cl2N2O. The van der Waals surface area contributed by atoms with Crippen LogP contribution in [0.5, 0.6) is 0 Å². The highest BCUT2D eigenvalue weighted by Gasteiger charge is 2.18. The number of aliphatic hydroxyl groups excluding tert-OH is 1. The van der Waals surface area contributed by atoms with Gasteiger partial charge in [-0.05, 0) is 24.3 Å². The smallest absolute Gasteiger partial charge is 0.124 e. The quantitative estimate of drug-likeness (QED) is 0.783. The van der Waals surface area contributed by atoms with Gasteiger partial charge in [0.2, 0.25) is 0 Å². The van der Waals surface area contributed by atoms with E-state index in [2.05, 4.69) is 5.10 Å². The zero-order valence-corrected chi connectivity index (χ0v) is 12.5. The topological polar surface area (TPSA) is 38.0 Å². The van der Waals surface area contributed by atoms with E-state index in [0.717, 1.165) is 5.69 Å². The van der Waals surface area contributed by atoms with Crippen LogP contribution in [0.3, 0.4) is 0 Å². The van der Waals surface area contributed by atoms with Gasteiger partial charge in [-0.1, -0.05) is 53.5 Å². The van der Waals surface area contributed by atoms with Crippen molar-refractivity contribution in [2.75, 3.05) is 0 Å². The lowest BCUT2D eigenvalue weighted by atomic mass is 10.1. The summed E-state index contributed by atoms with van der Waals surface area (Å²) in [5.74, 6) is 0. The molecule has 5 heteroatoms. The Morgan fingerprint density at radius 2 is 1.71 bits per heavy atom. The third kappa shape index (κ3) is 2.81. The van der Waals surface area contributed by atoms with Crippen molar-refractivity contribution in [1.82, 2.24) is 9.78 Å². The first-order valence-electron chi connectivity index (χ1n) is 6.40. The molecule has 2 aromatic carbocycles. The molecule has 21 heavy (non-hydrogen) atoms. The largest absolute Gasteiger partial charge is 0.382 e. The number of nitrogens with zero attached hydrogens (tertiary/aromatic N) is 2. The Balaban J connectivity index is 1.95. The molecule has 0 aliphatic carbocycles. The predicted molar refractivity (Wildman–Crippen MR) is 84.1 cm³/mol. The van der Waals surface area contributed by atoms with Gasteiger partial charge in [-0.3, -0.25) is 0 Å². The van der Waals surface area contributed by atoms with Crippen LogP contribution in [0.4, 0.5) is 0 Å². The standard InChI is InChI=1S/C16H12Cl2N2O/c17-13-8-4-7-12(15(13)18)16(21)14-9-10-20(19-14)11-5-2-1-3-6-11/h1-10,16,21H. The van der Waals surface area contributed by atoms with Gasteiger partial charge < -0.3 is 5.11 Å². The first-order valence-corrected chi connectivity index (χ1v) is 7.15. The molecule has 0 fully saturated rings. The van der Waals surface area contributed by atoms with E-state index in [1.54, 1.807) is 35.1 Å². The van der Waals surface area contributed by atoms with E-state index in [1.807, 2.05) is 30.3 Å². The predicted octanol–water partition coefficient (Wildman–Crippen LogP) is 4.26. The van der Waals surface area contributed by atoms with E-state index < -0.39 is 6.10 Å². The molecule has 1 heterocycles. The number of rotatable bonds is 3. The maximum absolute atomic E-state index is 10.4. The molecule has 0 radical (unpaired) electrons. The van der Waals surface area contributed by atoms with E-state index in [9.17, 15) is 5.11 Å². The van der Waals surface area contributed by atoms with Crippen molar-refractivity contribution in [2.45, 2.75) is 6.10 Å². The summed E-state index contributed by atoms with van der Waals surface area (Å²) in [6.07, 6.45) is 0.882. The molecule has 1 atom stereocenters. The zero-order valence-electron chi connectivity index (χ0n) is 10.9. The lowest BCUT2D eigenvalue weighted by Crippen LogP contribution is -2.03. The minimum atomic E-state index is -0.916. The number of para-hydroxylation sites is 1. The molecule has 0 amide bonds. The van der Waals surface area contributed by atoms with Crippen LogP contribution >= 0.6 is 23.2 Å². The lowest BCUT2D eigenvalue weighted by Gasteiger charge is -2.11. The molecule has 0 bridgehead atoms. The fourth-order valence-electron chi connectivity index (χ4n) is 2.10. The monoisotopic (exact) mass is 318 g/mol. The van der Waals surface area contributed by atoms with Crippen LogP contribution in [0.2, 0.25) is 10.0 Å². The van der Waals surface area contributed by atoms with Gasteiger partial charge in [-0.2, -0.15) is 5.10 Å². The SMILES string of the molecule is OC(c1ccn(-c2ccccc2)n1)c1cccc(Cl)c1Cl. The molecule has 1 unspecified atom stereocenters. The highest BCUT2D eigenvalue weighted by molar-refractivity contribution is 6.42. The van der Waals surface area contributed by atoms with E-state index in [-0.39, 0.29) is 0 Å². The van der Waals surface area contributed by atoms with Gasteiger partial charge in [0.15, 0.2) is 0 Å². The van der Waals surface area contributed by atoms with E-state index in [0.29, 0.717) is 21.3 Å². The number of hydrogen-bond acceptors (Lipinski definition) is 2. The number of aromatic nitrogens is 2. The molecule has 0 saturated carbocycles. The second-order valence-corrected chi connectivity index (χ2v) is 5.35. The Bertz CT molecular complexity index is 756. The van der Waals surface area contributed by atoms with Gasteiger partial charge >= 0.3 is 0 Å². The van der Waals surface area contributed by atoms with Crippen molar-refractivity contribution < 1.29 is 5.11 Å². The van der Waals surface area contributed by atoms with Crippen molar-refractivity contribution in [3.05, 3.63) is 82.1 Å². The summed E-state index contributed by atoms with van der Waals surface area (Å²) in [6.45, 7) is 0. The number of benzene rings is 2. The summed E-state index contributed by atoms with van der Waals surface area (Å²) < 4.78 is 1.71. The average molecular weight is 319 g/mol. The van der Waals surface area contributed by atoms with E-state index in [4.69, 9.17) is 23.2 Å². The van der Waals surface area contributed by atoms with Gasteiger partial charge in [0.25, 0.3) is 0 Å². The van der Waals surface area contributed by atoms with E-state index in [1.165, 1.54) is 0 Å². The Kier molecular flexibility index (Phi) is 3.97. The maximum atomic E-state index is 10.4. The van der Waals surface area contributed by atoms with E-state index >= 15 is 0 Å². The normalized spacial score (nSPS) is 12.3. The van der Waals surface area contributed by atoms with Crippen LogP contribution < -0.4 is 0 Å². The highest BCUT2D eigenvalue weighted by atomic mass is 35.5. The molecule has 0 saturated heterocycles. The average Bonchev–Trinajstić information content (AvgIpc) is 3.00. The fraction of sp³-hybridized carbons (Fsp3) is 0.0625. The summed E-state index contributed by atoms with van der Waals surface area (Å²) in [4.78, 5) is 0. The van der Waals surface area contributed by atoms with Crippen LogP contribution in [0.1, 0.15) is 17.4 Å². The first kappa shape index (κ1) is 14.1. The van der Waals surface area contributed by atoms with Gasteiger partial charge in [0.05, 0.1) is 21.4 Å². The third-order valence-corrected chi connectivity index (χ3v) is 4.02. The molecule has 1 N–H and O–H groups in total. The van der Waals surface area contributed by atoms with Crippen molar-refractivity contribution in [2.24, 2.45) is 0 Å². The van der Waals surface area contributed by atoms with Gasteiger partial charge in [-0.15, -0.1) is 0 Å². The molecule has 3 aromatic rings. The lowest BCUT2D eigenvalue weighted by molar-refractivity contribution is 0.215. The van der Waals surface area contributed by atoms with Crippen LogP contribution in [-0.2, 0) is 0 Å². The second kappa shape index (κ2) is 5.90. The molecule has 3 rings (SSSR count). The fourth-order valence-corrected chi connectivity index (χ4v) is 2.51. The molecule has 0 spiro atoms. The zero-order chi connectivity index (χ0) is 14.8. The number of hydrogen-bond donors (Lipinski definition) is 1. The Labute approximate surface area is 132 Å². The Morgan fingerprint density at radius 1 is 0.952 bits per heavy atom. The summed E-state index contributed by atoms with van der Waals surface area (Å²) in [5.41, 5.74) is 1.98. The van der Waals surface area contributed by atoms with Gasteiger partial charge in [0, 0.05) is 11.8 Å². The number of halogens is 2. The summed E-state index contributed by atoms with van der Waals surface area (Å²) in [7, 11) is 0. The van der Waals surface area contributed by atoms with Crippen molar-refractivity contribution in [3.8, 4) is 5.69 Å². The van der Waals surface area contributed by atoms with Crippen LogP contribution in [0.15, 0.2) is 60.8 Å². The van der Waals surface area contributed by atoms with Crippen LogP contribution in [0, 0.1) is 0 Å². The minimum absolute atomic E-state index is 0.348. The van der Waals surface area contributed by atoms with Crippen LogP contribution in [0.25, 0.3) is 5.69 Å². The molecule has 0 aliphatic heterocycles. The summed E-state index contributed by atoms with van der Waals surface area (Å²) in [6, 6.07) is 16.6. The molecule has 3 nitrogen and oxygen atoms in total. The van der Waals surface area contributed by atoms with Crippen molar-refractivity contribution >= 4 is 23.2 Å². The molecule has 106 valence electrons. The van der Waals surface area contributed by atoms with Crippen LogP contribution in [-0.4, -0.2) is 14.9 Å². The number of aliphatic hydroxyl groups is 1. The molecule has 0 aliphatic rings. The minimum Gasteiger partial charge on any atom is -0.382 e. The maximum Gasteiger partial charge on any atom is 0.124 e. The van der Waals surface area contributed by atoms with Gasteiger partial charge in [0.1, 0.15) is 6.10 Å². The Hall–Kier alpha value is -1.81. The third-order valence-electron chi connectivity index (χ3n) is 3.19. The summed E-state index contributed by atoms with van der Waals surface area (Å²) >= 11 is 12.1. The molecule has 1 aromatic heterocycles. The second-order valence-electron chi connectivity index (χ2n) is 4.57. The van der Waals surface area contributed by atoms with Crippen molar-refractivity contribution in [3.63, 3.8) is 0 Å². The highest BCUT2D eigenvalue weighted by Crippen LogP contribution is 2.32. The van der Waals surface area contributed by atoms with Gasteiger partial charge in [-0.25, -0.2) is 4.68 Å². The molecular weight excluding hydrogens is 307 g/mol. The van der Waals surface area contributed by atoms with Crippen molar-refractivity contribution in [1.29, 1.82) is 0 Å².